The average Bonchev–Trinajstić information content (AvgIpc) is 3.23. The second-order valence-corrected chi connectivity index (χ2v) is 5.47. The third-order valence-electron chi connectivity index (χ3n) is 3.67. The van der Waals surface area contributed by atoms with E-state index in [1.807, 2.05) is 14.0 Å². The van der Waals surface area contributed by atoms with Crippen molar-refractivity contribution < 1.29 is 18.0 Å². The molecule has 1 aromatic carbocycles. The van der Waals surface area contributed by atoms with Crippen LogP contribution >= 0.6 is 0 Å². The van der Waals surface area contributed by atoms with E-state index in [0.717, 1.165) is 0 Å². The average molecular weight is 349 g/mol. The fraction of sp³-hybridized carbons (Fsp3) is 0.312. The molecule has 0 bridgehead atoms. The number of benzene rings is 1. The molecule has 7 nitrogen and oxygen atoms in total. The zero-order valence-corrected chi connectivity index (χ0v) is 13.7. The first kappa shape index (κ1) is 17.0. The molecule has 0 saturated heterocycles. The molecule has 0 spiro atoms. The quantitative estimate of drug-likeness (QED) is 0.682. The summed E-state index contributed by atoms with van der Waals surface area (Å²) in [4.78, 5) is 4.37. The molecule has 0 aliphatic heterocycles. The highest BCUT2D eigenvalue weighted by Crippen LogP contribution is 2.31. The maximum Gasteiger partial charge on any atom is 0.387 e. The van der Waals surface area contributed by atoms with E-state index in [2.05, 4.69) is 30.4 Å². The summed E-state index contributed by atoms with van der Waals surface area (Å²) in [6.07, 6.45) is 2.17. The van der Waals surface area contributed by atoms with Gasteiger partial charge in [0.2, 0.25) is 0 Å². The fourth-order valence-electron chi connectivity index (χ4n) is 2.32. The van der Waals surface area contributed by atoms with Crippen LogP contribution in [0.4, 0.5) is 8.78 Å². The van der Waals surface area contributed by atoms with Gasteiger partial charge < -0.3 is 14.6 Å². The van der Waals surface area contributed by atoms with Crippen LogP contribution < -0.4 is 10.1 Å². The summed E-state index contributed by atoms with van der Waals surface area (Å²) in [5, 5.41) is 13.9. The molecule has 0 saturated carbocycles. The number of H-pyrrole nitrogens is 1. The number of nitrogens with one attached hydrogen (secondary N) is 2. The van der Waals surface area contributed by atoms with Gasteiger partial charge in [-0.15, -0.1) is 0 Å². The lowest BCUT2D eigenvalue weighted by molar-refractivity contribution is -0.0498. The van der Waals surface area contributed by atoms with Crippen molar-refractivity contribution in [3.8, 4) is 28.5 Å². The van der Waals surface area contributed by atoms with Crippen molar-refractivity contribution >= 4 is 0 Å². The van der Waals surface area contributed by atoms with Crippen LogP contribution in [0.15, 0.2) is 35.0 Å². The van der Waals surface area contributed by atoms with Gasteiger partial charge in [-0.05, 0) is 26.1 Å². The molecule has 0 aliphatic rings. The number of alkyl halides is 2. The number of likely N-dealkylation sites (N-methyl/N-ethyl adjacent to an activating group) is 1. The first-order valence-electron chi connectivity index (χ1n) is 7.65. The Morgan fingerprint density at radius 1 is 1.36 bits per heavy atom. The van der Waals surface area contributed by atoms with E-state index >= 15 is 0 Å². The predicted molar refractivity (Wildman–Crippen MR) is 86.2 cm³/mol. The number of ether oxygens (including phenoxy) is 1. The molecule has 9 heteroatoms. The summed E-state index contributed by atoms with van der Waals surface area (Å²) < 4.78 is 34.5. The van der Waals surface area contributed by atoms with Crippen LogP contribution in [0.25, 0.3) is 22.7 Å². The molecule has 25 heavy (non-hydrogen) atoms. The smallest absolute Gasteiger partial charge is 0.387 e. The van der Waals surface area contributed by atoms with Crippen molar-refractivity contribution in [2.75, 3.05) is 7.05 Å². The summed E-state index contributed by atoms with van der Waals surface area (Å²) in [6, 6.07) is 6.51. The van der Waals surface area contributed by atoms with E-state index in [0.29, 0.717) is 35.0 Å². The number of nitrogens with zero attached hydrogens (tertiary/aromatic N) is 3. The van der Waals surface area contributed by atoms with Gasteiger partial charge in [0.1, 0.15) is 5.75 Å². The van der Waals surface area contributed by atoms with Gasteiger partial charge in [-0.25, -0.2) is 0 Å². The van der Waals surface area contributed by atoms with Crippen molar-refractivity contribution in [1.82, 2.24) is 25.7 Å². The summed E-state index contributed by atoms with van der Waals surface area (Å²) >= 11 is 0. The Kier molecular flexibility index (Phi) is 5.03. The van der Waals surface area contributed by atoms with E-state index in [1.54, 1.807) is 18.3 Å². The molecule has 3 aromatic rings. The summed E-state index contributed by atoms with van der Waals surface area (Å²) in [5.41, 5.74) is 1.79. The minimum Gasteiger partial charge on any atom is -0.435 e. The third kappa shape index (κ3) is 4.00. The molecule has 3 rings (SSSR count). The van der Waals surface area contributed by atoms with E-state index in [9.17, 15) is 8.78 Å². The van der Waals surface area contributed by atoms with Gasteiger partial charge in [-0.3, -0.25) is 5.10 Å². The third-order valence-corrected chi connectivity index (χ3v) is 3.67. The van der Waals surface area contributed by atoms with E-state index in [-0.39, 0.29) is 11.8 Å². The lowest BCUT2D eigenvalue weighted by Gasteiger charge is -2.06. The molecule has 0 aliphatic carbocycles. The van der Waals surface area contributed by atoms with E-state index < -0.39 is 6.61 Å². The maximum absolute atomic E-state index is 12.4. The van der Waals surface area contributed by atoms with Crippen molar-refractivity contribution in [3.05, 3.63) is 36.3 Å². The Labute approximate surface area is 142 Å². The van der Waals surface area contributed by atoms with Crippen LogP contribution in [-0.2, 0) is 6.42 Å². The van der Waals surface area contributed by atoms with Gasteiger partial charge in [-0.1, -0.05) is 17.3 Å². The largest absolute Gasteiger partial charge is 0.435 e. The molecule has 0 radical (unpaired) electrons. The van der Waals surface area contributed by atoms with Crippen LogP contribution in [0, 0.1) is 0 Å². The van der Waals surface area contributed by atoms with E-state index in [1.165, 1.54) is 12.1 Å². The van der Waals surface area contributed by atoms with Gasteiger partial charge in [0.25, 0.3) is 5.89 Å². The molecule has 1 unspecified atom stereocenters. The van der Waals surface area contributed by atoms with Gasteiger partial charge in [0.05, 0.1) is 17.5 Å². The fourth-order valence-corrected chi connectivity index (χ4v) is 2.32. The number of aromatic nitrogens is 4. The molecule has 2 aromatic heterocycles. The van der Waals surface area contributed by atoms with Crippen LogP contribution in [-0.4, -0.2) is 40.0 Å². The minimum absolute atomic E-state index is 0.0575. The first-order valence-corrected chi connectivity index (χ1v) is 7.65. The summed E-state index contributed by atoms with van der Waals surface area (Å²) in [5.74, 6) is 0.933. The van der Waals surface area contributed by atoms with Crippen LogP contribution in [0.5, 0.6) is 5.75 Å². The second-order valence-electron chi connectivity index (χ2n) is 5.47. The Hall–Kier alpha value is -2.81. The van der Waals surface area contributed by atoms with Gasteiger partial charge in [-0.2, -0.15) is 18.9 Å². The number of hydrogen-bond donors (Lipinski definition) is 2. The zero-order valence-electron chi connectivity index (χ0n) is 13.7. The molecular weight excluding hydrogens is 332 g/mol. The normalized spacial score (nSPS) is 12.5. The molecular formula is C16H17F2N5O2. The Balaban J connectivity index is 1.88. The van der Waals surface area contributed by atoms with Crippen LogP contribution in [0.2, 0.25) is 0 Å². The molecule has 2 N–H and O–H groups in total. The van der Waals surface area contributed by atoms with Crippen LogP contribution in [0.3, 0.4) is 0 Å². The first-order chi connectivity index (χ1) is 12.1. The Morgan fingerprint density at radius 3 is 2.96 bits per heavy atom. The maximum atomic E-state index is 12.4. The second kappa shape index (κ2) is 7.39. The Morgan fingerprint density at radius 2 is 2.20 bits per heavy atom. The lowest BCUT2D eigenvalue weighted by Crippen LogP contribution is -2.24. The number of halogens is 2. The predicted octanol–water partition coefficient (Wildman–Crippen LogP) is 2.88. The highest BCUT2D eigenvalue weighted by atomic mass is 19.3. The highest BCUT2D eigenvalue weighted by molar-refractivity contribution is 5.76. The molecule has 0 fully saturated rings. The SMILES string of the molecule is CNC(C)Cc1noc(-c2cn[nH]c2-c2cccc(OC(F)F)c2)n1. The van der Waals surface area contributed by atoms with Crippen LogP contribution in [0.1, 0.15) is 12.7 Å². The zero-order chi connectivity index (χ0) is 17.8. The monoisotopic (exact) mass is 349 g/mol. The van der Waals surface area contributed by atoms with Crippen molar-refractivity contribution in [2.24, 2.45) is 0 Å². The van der Waals surface area contributed by atoms with E-state index in [4.69, 9.17) is 4.52 Å². The molecule has 2 heterocycles. The Bertz CT molecular complexity index is 833. The number of hydrogen-bond acceptors (Lipinski definition) is 6. The molecule has 1 atom stereocenters. The number of aromatic amines is 1. The number of rotatable bonds is 7. The van der Waals surface area contributed by atoms with Gasteiger partial charge in [0.15, 0.2) is 5.82 Å². The summed E-state index contributed by atoms with van der Waals surface area (Å²) in [7, 11) is 1.86. The highest BCUT2D eigenvalue weighted by Gasteiger charge is 2.18. The topological polar surface area (TPSA) is 88.9 Å². The van der Waals surface area contributed by atoms with Crippen molar-refractivity contribution in [3.63, 3.8) is 0 Å². The minimum atomic E-state index is -2.89. The van der Waals surface area contributed by atoms with Gasteiger partial charge >= 0.3 is 6.61 Å². The molecule has 0 amide bonds. The van der Waals surface area contributed by atoms with Gasteiger partial charge in [0, 0.05) is 18.0 Å². The lowest BCUT2D eigenvalue weighted by atomic mass is 10.1. The van der Waals surface area contributed by atoms with Crippen molar-refractivity contribution in [1.29, 1.82) is 0 Å². The standard InChI is InChI=1S/C16H17F2N5O2/c1-9(19-2)6-13-21-15(25-23-13)12-8-20-22-14(12)10-4-3-5-11(7-10)24-16(17)18/h3-5,7-9,16,19H,6H2,1-2H3,(H,20,22). The molecule has 132 valence electrons. The van der Waals surface area contributed by atoms with Crippen molar-refractivity contribution in [2.45, 2.75) is 26.0 Å². The summed E-state index contributed by atoms with van der Waals surface area (Å²) in [6.45, 7) is -0.877.